The fraction of sp³-hybridized carbons (Fsp3) is 0.750. The smallest absolute Gasteiger partial charge is 0.239 e. The first-order valence-electron chi connectivity index (χ1n) is 10.4. The Bertz CT molecular complexity index is 667. The number of unbranched alkanes of at least 4 members (excludes halogenated alkanes) is 1. The van der Waals surface area contributed by atoms with Crippen molar-refractivity contribution in [1.82, 2.24) is 14.3 Å². The van der Waals surface area contributed by atoms with E-state index in [2.05, 4.69) is 19.2 Å². The molecule has 2 bridgehead atoms. The molecule has 7 heteroatoms. The molecule has 4 unspecified atom stereocenters. The number of amides is 1. The molecule has 5 heterocycles. The fourth-order valence-corrected chi connectivity index (χ4v) is 6.68. The van der Waals surface area contributed by atoms with Crippen LogP contribution < -0.4 is 4.90 Å². The molecule has 0 spiro atoms. The van der Waals surface area contributed by atoms with Gasteiger partial charge in [-0.1, -0.05) is 12.8 Å². The second-order valence-electron chi connectivity index (χ2n) is 8.30. The van der Waals surface area contributed by atoms with Crippen molar-refractivity contribution in [3.05, 3.63) is 18.5 Å². The summed E-state index contributed by atoms with van der Waals surface area (Å²) < 4.78 is 7.98. The molecule has 0 radical (unpaired) electrons. The Labute approximate surface area is 165 Å². The standard InChI is InChI=1S/C20H28N4O2S/c25-19-17-15-5-6-16(26-15)18(17)27-24(19)11-2-1-4-14-7-12-23(13-8-14)20-21-9-3-10-22-20/h3,9-10,14-18H,1-2,4-8,11-13H2. The number of fused-ring (bicyclic) bond motifs is 5. The third-order valence-electron chi connectivity index (χ3n) is 6.66. The highest BCUT2D eigenvalue weighted by Crippen LogP contribution is 2.51. The van der Waals surface area contributed by atoms with E-state index in [0.717, 1.165) is 50.8 Å². The van der Waals surface area contributed by atoms with Crippen LogP contribution in [0.3, 0.4) is 0 Å². The van der Waals surface area contributed by atoms with E-state index in [1.54, 1.807) is 11.9 Å². The van der Waals surface area contributed by atoms with Gasteiger partial charge >= 0.3 is 0 Å². The van der Waals surface area contributed by atoms with E-state index in [0.29, 0.717) is 17.3 Å². The topological polar surface area (TPSA) is 58.6 Å². The molecule has 4 atom stereocenters. The normalized spacial score (nSPS) is 33.1. The highest BCUT2D eigenvalue weighted by molar-refractivity contribution is 7.98. The van der Waals surface area contributed by atoms with Gasteiger partial charge < -0.3 is 9.64 Å². The van der Waals surface area contributed by atoms with Crippen molar-refractivity contribution in [2.75, 3.05) is 24.5 Å². The molecular weight excluding hydrogens is 360 g/mol. The fourth-order valence-electron chi connectivity index (χ4n) is 5.16. The lowest BCUT2D eigenvalue weighted by Gasteiger charge is -2.32. The van der Waals surface area contributed by atoms with Crippen LogP contribution >= 0.6 is 11.9 Å². The molecular formula is C20H28N4O2S. The number of aromatic nitrogens is 2. The second-order valence-corrected chi connectivity index (χ2v) is 9.50. The highest BCUT2D eigenvalue weighted by atomic mass is 32.2. The predicted molar refractivity (Wildman–Crippen MR) is 105 cm³/mol. The minimum Gasteiger partial charge on any atom is -0.373 e. The van der Waals surface area contributed by atoms with Crippen LogP contribution in [0.5, 0.6) is 0 Å². The van der Waals surface area contributed by atoms with Gasteiger partial charge in [-0.2, -0.15) is 0 Å². The third-order valence-corrected chi connectivity index (χ3v) is 8.12. The number of rotatable bonds is 6. The maximum absolute atomic E-state index is 12.7. The number of piperidine rings is 1. The molecule has 4 fully saturated rings. The van der Waals surface area contributed by atoms with Gasteiger partial charge in [-0.25, -0.2) is 9.97 Å². The summed E-state index contributed by atoms with van der Waals surface area (Å²) in [6, 6.07) is 1.87. The van der Waals surface area contributed by atoms with Crippen molar-refractivity contribution < 1.29 is 9.53 Å². The Balaban J connectivity index is 1.02. The van der Waals surface area contributed by atoms with Gasteiger partial charge in [0.2, 0.25) is 11.9 Å². The van der Waals surface area contributed by atoms with E-state index in [1.165, 1.54) is 25.7 Å². The third kappa shape index (κ3) is 3.44. The molecule has 146 valence electrons. The average molecular weight is 389 g/mol. The van der Waals surface area contributed by atoms with Gasteiger partial charge in [-0.05, 0) is 56.0 Å². The summed E-state index contributed by atoms with van der Waals surface area (Å²) in [5, 5.41) is 0.404. The Morgan fingerprint density at radius 3 is 2.63 bits per heavy atom. The van der Waals surface area contributed by atoms with Crippen molar-refractivity contribution in [2.24, 2.45) is 11.8 Å². The van der Waals surface area contributed by atoms with Crippen LogP contribution in [-0.4, -0.2) is 57.3 Å². The monoisotopic (exact) mass is 388 g/mol. The average Bonchev–Trinajstić information content (AvgIpc) is 3.40. The molecule has 27 heavy (non-hydrogen) atoms. The van der Waals surface area contributed by atoms with Gasteiger partial charge in [0.15, 0.2) is 0 Å². The van der Waals surface area contributed by atoms with Gasteiger partial charge in [-0.15, -0.1) is 0 Å². The molecule has 4 aliphatic heterocycles. The van der Waals surface area contributed by atoms with Gasteiger partial charge in [0.1, 0.15) is 0 Å². The maximum Gasteiger partial charge on any atom is 0.239 e. The number of hydrogen-bond donors (Lipinski definition) is 0. The molecule has 1 aromatic rings. The van der Waals surface area contributed by atoms with Gasteiger partial charge in [0.05, 0.1) is 23.4 Å². The zero-order chi connectivity index (χ0) is 18.2. The van der Waals surface area contributed by atoms with Gasteiger partial charge in [0.25, 0.3) is 0 Å². The molecule has 1 amide bonds. The Hall–Kier alpha value is -1.34. The largest absolute Gasteiger partial charge is 0.373 e. The second kappa shape index (κ2) is 7.59. The van der Waals surface area contributed by atoms with Crippen molar-refractivity contribution >= 4 is 23.8 Å². The van der Waals surface area contributed by atoms with Crippen LogP contribution in [0.1, 0.15) is 44.9 Å². The minimum atomic E-state index is 0.151. The quantitative estimate of drug-likeness (QED) is 0.552. The van der Waals surface area contributed by atoms with Crippen molar-refractivity contribution in [3.63, 3.8) is 0 Å². The van der Waals surface area contributed by atoms with Crippen LogP contribution in [0.2, 0.25) is 0 Å². The predicted octanol–water partition coefficient (Wildman–Crippen LogP) is 2.90. The Morgan fingerprint density at radius 1 is 1.07 bits per heavy atom. The first kappa shape index (κ1) is 17.7. The van der Waals surface area contributed by atoms with Crippen molar-refractivity contribution in [3.8, 4) is 0 Å². The molecule has 0 saturated carbocycles. The van der Waals surface area contributed by atoms with E-state index in [4.69, 9.17) is 4.74 Å². The van der Waals surface area contributed by atoms with Crippen LogP contribution in [0.4, 0.5) is 5.95 Å². The zero-order valence-electron chi connectivity index (χ0n) is 15.7. The summed E-state index contributed by atoms with van der Waals surface area (Å²) in [7, 11) is 0. The molecule has 5 rings (SSSR count). The summed E-state index contributed by atoms with van der Waals surface area (Å²) in [5.74, 6) is 2.16. The Kier molecular flexibility index (Phi) is 4.98. The molecule has 6 nitrogen and oxygen atoms in total. The molecule has 0 aromatic carbocycles. The lowest BCUT2D eigenvalue weighted by molar-refractivity contribution is -0.130. The first-order chi connectivity index (χ1) is 13.3. The number of anilines is 1. The number of carbonyl (C=O) groups is 1. The van der Waals surface area contributed by atoms with Crippen molar-refractivity contribution in [2.45, 2.75) is 62.4 Å². The summed E-state index contributed by atoms with van der Waals surface area (Å²) in [4.78, 5) is 23.7. The summed E-state index contributed by atoms with van der Waals surface area (Å²) in [5.41, 5.74) is 0. The van der Waals surface area contributed by atoms with E-state index >= 15 is 0 Å². The first-order valence-corrected chi connectivity index (χ1v) is 11.3. The lowest BCUT2D eigenvalue weighted by atomic mass is 9.88. The molecule has 0 aliphatic carbocycles. The maximum atomic E-state index is 12.7. The van der Waals surface area contributed by atoms with E-state index in [1.807, 2.05) is 18.5 Å². The van der Waals surface area contributed by atoms with E-state index < -0.39 is 0 Å². The molecule has 1 aromatic heterocycles. The summed E-state index contributed by atoms with van der Waals surface area (Å²) >= 11 is 1.77. The van der Waals surface area contributed by atoms with Gasteiger partial charge in [0, 0.05) is 32.0 Å². The lowest BCUT2D eigenvalue weighted by Crippen LogP contribution is -2.34. The SMILES string of the molecule is O=C1C2C3CCC(O3)C2SN1CCCCC1CCN(c2ncccn2)CC1. The van der Waals surface area contributed by atoms with Gasteiger partial charge in [-0.3, -0.25) is 9.10 Å². The highest BCUT2D eigenvalue weighted by Gasteiger charge is 2.58. The molecule has 4 aliphatic rings. The van der Waals surface area contributed by atoms with Crippen LogP contribution in [0.25, 0.3) is 0 Å². The van der Waals surface area contributed by atoms with Crippen molar-refractivity contribution in [1.29, 1.82) is 0 Å². The molecule has 0 N–H and O–H groups in total. The van der Waals surface area contributed by atoms with E-state index in [-0.39, 0.29) is 12.0 Å². The summed E-state index contributed by atoms with van der Waals surface area (Å²) in [6.07, 6.45) is 12.5. The Morgan fingerprint density at radius 2 is 1.85 bits per heavy atom. The zero-order valence-corrected chi connectivity index (χ0v) is 16.5. The summed E-state index contributed by atoms with van der Waals surface area (Å²) in [6.45, 7) is 3.02. The van der Waals surface area contributed by atoms with Crippen LogP contribution in [0.15, 0.2) is 18.5 Å². The molecule has 4 saturated heterocycles. The van der Waals surface area contributed by atoms with Crippen LogP contribution in [0, 0.1) is 11.8 Å². The number of ether oxygens (including phenoxy) is 1. The minimum absolute atomic E-state index is 0.151. The number of hydrogen-bond acceptors (Lipinski definition) is 6. The number of nitrogens with zero attached hydrogens (tertiary/aromatic N) is 4. The van der Waals surface area contributed by atoms with E-state index in [9.17, 15) is 4.79 Å². The number of carbonyl (C=O) groups excluding carboxylic acids is 1. The van der Waals surface area contributed by atoms with Crippen LogP contribution in [-0.2, 0) is 9.53 Å².